The first kappa shape index (κ1) is 19.2. The van der Waals surface area contributed by atoms with Crippen LogP contribution in [0.15, 0.2) is 36.7 Å². The summed E-state index contributed by atoms with van der Waals surface area (Å²) in [6.45, 7) is 3.49. The Hall–Kier alpha value is -2.15. The Morgan fingerprint density at radius 1 is 1.32 bits per heavy atom. The van der Waals surface area contributed by atoms with Crippen molar-refractivity contribution in [3.05, 3.63) is 63.5 Å². The highest BCUT2D eigenvalue weighted by Crippen LogP contribution is 2.39. The van der Waals surface area contributed by atoms with Gasteiger partial charge >= 0.3 is 0 Å². The Bertz CT molecular complexity index is 1030. The van der Waals surface area contributed by atoms with E-state index in [-0.39, 0.29) is 11.3 Å². The Morgan fingerprint density at radius 2 is 2.11 bits per heavy atom. The Morgan fingerprint density at radius 3 is 2.86 bits per heavy atom. The Balaban J connectivity index is 1.63. The molecule has 1 aromatic carbocycles. The van der Waals surface area contributed by atoms with E-state index >= 15 is 0 Å². The van der Waals surface area contributed by atoms with Gasteiger partial charge in [-0.25, -0.2) is 9.50 Å². The number of ether oxygens (including phenoxy) is 1. The maximum atomic E-state index is 13.0. The van der Waals surface area contributed by atoms with Crippen molar-refractivity contribution in [3.63, 3.8) is 0 Å². The van der Waals surface area contributed by atoms with E-state index in [1.165, 1.54) is 0 Å². The maximum Gasteiger partial charge on any atom is 0.257 e. The van der Waals surface area contributed by atoms with Gasteiger partial charge in [-0.05, 0) is 43.5 Å². The summed E-state index contributed by atoms with van der Waals surface area (Å²) in [5, 5.41) is 8.65. The van der Waals surface area contributed by atoms with Crippen molar-refractivity contribution < 1.29 is 9.53 Å². The maximum absolute atomic E-state index is 13.0. The average Bonchev–Trinajstić information content (AvgIpc) is 3.02. The summed E-state index contributed by atoms with van der Waals surface area (Å²) in [4.78, 5) is 17.3. The van der Waals surface area contributed by atoms with Crippen molar-refractivity contribution in [1.29, 1.82) is 0 Å². The predicted octanol–water partition coefficient (Wildman–Crippen LogP) is 3.82. The molecule has 8 heteroatoms. The summed E-state index contributed by atoms with van der Waals surface area (Å²) >= 11 is 12.6. The molecule has 2 aromatic heterocycles. The number of nitrogens with one attached hydrogen (secondary N) is 1. The molecule has 1 N–H and O–H groups in total. The van der Waals surface area contributed by atoms with E-state index in [0.717, 1.165) is 18.4 Å². The van der Waals surface area contributed by atoms with Crippen LogP contribution in [0, 0.1) is 6.92 Å². The van der Waals surface area contributed by atoms with Gasteiger partial charge in [0.05, 0.1) is 5.69 Å². The van der Waals surface area contributed by atoms with E-state index < -0.39 is 0 Å². The molecule has 0 saturated carbocycles. The van der Waals surface area contributed by atoms with Crippen LogP contribution in [0.2, 0.25) is 10.0 Å². The van der Waals surface area contributed by atoms with Gasteiger partial charge in [0.2, 0.25) is 0 Å². The highest BCUT2D eigenvalue weighted by atomic mass is 35.5. The van der Waals surface area contributed by atoms with Crippen molar-refractivity contribution in [3.8, 4) is 0 Å². The van der Waals surface area contributed by atoms with Gasteiger partial charge < -0.3 is 10.1 Å². The molecule has 6 nitrogen and oxygen atoms in total. The van der Waals surface area contributed by atoms with Crippen molar-refractivity contribution >= 4 is 34.8 Å². The molecule has 0 radical (unpaired) electrons. The minimum atomic E-state index is -0.306. The Kier molecular flexibility index (Phi) is 5.27. The Labute approximate surface area is 172 Å². The molecule has 1 aliphatic heterocycles. The minimum absolute atomic E-state index is 0.192. The van der Waals surface area contributed by atoms with Gasteiger partial charge in [-0.1, -0.05) is 29.3 Å². The molecule has 0 aliphatic carbocycles. The van der Waals surface area contributed by atoms with Crippen molar-refractivity contribution in [2.24, 2.45) is 0 Å². The second-order valence-corrected chi connectivity index (χ2v) is 7.89. The molecule has 1 saturated heterocycles. The second kappa shape index (κ2) is 7.70. The molecule has 0 bridgehead atoms. The van der Waals surface area contributed by atoms with Gasteiger partial charge in [0.25, 0.3) is 5.91 Å². The molecule has 4 rings (SSSR count). The minimum Gasteiger partial charge on any atom is -0.381 e. The van der Waals surface area contributed by atoms with Crippen molar-refractivity contribution in [2.75, 3.05) is 19.8 Å². The third kappa shape index (κ3) is 3.48. The van der Waals surface area contributed by atoms with E-state index in [0.29, 0.717) is 46.7 Å². The molecule has 146 valence electrons. The van der Waals surface area contributed by atoms with Crippen LogP contribution in [-0.4, -0.2) is 40.3 Å². The number of aromatic nitrogens is 3. The standard InChI is InChI=1S/C20H20Cl2N4O2/c1-13-17(18-23-7-2-8-26(18)25-13)19(27)24-12-20(5-9-28-10-6-20)15-4-3-14(21)11-16(15)22/h2-4,7-8,11H,5-6,9-10,12H2,1H3,(H,24,27). The zero-order chi connectivity index (χ0) is 19.7. The number of halogens is 2. The van der Waals surface area contributed by atoms with Crippen LogP contribution in [0.4, 0.5) is 0 Å². The largest absolute Gasteiger partial charge is 0.381 e. The number of benzene rings is 1. The summed E-state index contributed by atoms with van der Waals surface area (Å²) in [5.74, 6) is -0.192. The number of carbonyl (C=O) groups excluding carboxylic acids is 1. The lowest BCUT2D eigenvalue weighted by Gasteiger charge is -2.38. The number of hydrogen-bond donors (Lipinski definition) is 1. The van der Waals surface area contributed by atoms with Gasteiger partial charge in [0.15, 0.2) is 5.65 Å². The molecular formula is C20H20Cl2N4O2. The molecule has 0 atom stereocenters. The van der Waals surface area contributed by atoms with E-state index in [4.69, 9.17) is 27.9 Å². The molecule has 1 fully saturated rings. The fourth-order valence-electron chi connectivity index (χ4n) is 3.82. The molecule has 0 unspecified atom stereocenters. The average molecular weight is 419 g/mol. The van der Waals surface area contributed by atoms with Gasteiger partial charge in [0.1, 0.15) is 5.56 Å². The summed E-state index contributed by atoms with van der Waals surface area (Å²) in [6, 6.07) is 7.31. The summed E-state index contributed by atoms with van der Waals surface area (Å²) in [5.41, 5.74) is 2.35. The number of amides is 1. The number of carbonyl (C=O) groups is 1. The molecule has 3 aromatic rings. The van der Waals surface area contributed by atoms with Crippen LogP contribution in [-0.2, 0) is 10.2 Å². The number of nitrogens with zero attached hydrogens (tertiary/aromatic N) is 3. The first-order valence-corrected chi connectivity index (χ1v) is 9.87. The van der Waals surface area contributed by atoms with Gasteiger partial charge in [-0.3, -0.25) is 4.79 Å². The third-order valence-electron chi connectivity index (χ3n) is 5.34. The molecular weight excluding hydrogens is 399 g/mol. The highest BCUT2D eigenvalue weighted by molar-refractivity contribution is 6.35. The van der Waals surface area contributed by atoms with Gasteiger partial charge in [-0.2, -0.15) is 5.10 Å². The normalized spacial score (nSPS) is 16.2. The van der Waals surface area contributed by atoms with Crippen LogP contribution < -0.4 is 5.32 Å². The summed E-state index contributed by atoms with van der Waals surface area (Å²) in [7, 11) is 0. The van der Waals surface area contributed by atoms with Crippen LogP contribution in [0.25, 0.3) is 5.65 Å². The zero-order valence-corrected chi connectivity index (χ0v) is 16.9. The quantitative estimate of drug-likeness (QED) is 0.698. The molecule has 3 heterocycles. The van der Waals surface area contributed by atoms with E-state index in [2.05, 4.69) is 15.4 Å². The smallest absolute Gasteiger partial charge is 0.257 e. The zero-order valence-electron chi connectivity index (χ0n) is 15.4. The molecule has 28 heavy (non-hydrogen) atoms. The number of fused-ring (bicyclic) bond motifs is 1. The van der Waals surface area contributed by atoms with Crippen LogP contribution in [0.5, 0.6) is 0 Å². The molecule has 1 amide bonds. The van der Waals surface area contributed by atoms with Crippen LogP contribution >= 0.6 is 23.2 Å². The predicted molar refractivity (Wildman–Crippen MR) is 108 cm³/mol. The third-order valence-corrected chi connectivity index (χ3v) is 5.88. The summed E-state index contributed by atoms with van der Waals surface area (Å²) in [6.07, 6.45) is 4.96. The van der Waals surface area contributed by atoms with E-state index in [1.807, 2.05) is 19.1 Å². The summed E-state index contributed by atoms with van der Waals surface area (Å²) < 4.78 is 7.18. The number of rotatable bonds is 4. The van der Waals surface area contributed by atoms with Crippen molar-refractivity contribution in [2.45, 2.75) is 25.2 Å². The monoisotopic (exact) mass is 418 g/mol. The lowest BCUT2D eigenvalue weighted by atomic mass is 9.74. The van der Waals surface area contributed by atoms with Crippen molar-refractivity contribution in [1.82, 2.24) is 19.9 Å². The van der Waals surface area contributed by atoms with Crippen LogP contribution in [0.1, 0.15) is 34.5 Å². The fourth-order valence-corrected chi connectivity index (χ4v) is 4.43. The van der Waals surface area contributed by atoms with E-state index in [9.17, 15) is 4.79 Å². The lowest BCUT2D eigenvalue weighted by molar-refractivity contribution is 0.0487. The molecule has 0 spiro atoms. The highest BCUT2D eigenvalue weighted by Gasteiger charge is 2.37. The first-order valence-electron chi connectivity index (χ1n) is 9.12. The second-order valence-electron chi connectivity index (χ2n) is 7.05. The first-order chi connectivity index (χ1) is 13.5. The van der Waals surface area contributed by atoms with Gasteiger partial charge in [-0.15, -0.1) is 0 Å². The van der Waals surface area contributed by atoms with Gasteiger partial charge in [0, 0.05) is 47.6 Å². The number of hydrogen-bond acceptors (Lipinski definition) is 4. The van der Waals surface area contributed by atoms with Crippen LogP contribution in [0.3, 0.4) is 0 Å². The topological polar surface area (TPSA) is 68.5 Å². The fraction of sp³-hybridized carbons (Fsp3) is 0.350. The number of aryl methyl sites for hydroxylation is 1. The lowest BCUT2D eigenvalue weighted by Crippen LogP contribution is -2.45. The van der Waals surface area contributed by atoms with E-state index in [1.54, 1.807) is 29.0 Å². The molecule has 1 aliphatic rings. The SMILES string of the molecule is Cc1nn2cccnc2c1C(=O)NCC1(c2ccc(Cl)cc2Cl)CCOCC1.